The maximum atomic E-state index is 7.56. The number of anilines is 1. The second-order valence-corrected chi connectivity index (χ2v) is 8.48. The van der Waals surface area contributed by atoms with Gasteiger partial charge in [0.05, 0.1) is 26.4 Å². The van der Waals surface area contributed by atoms with Crippen LogP contribution in [0, 0.1) is 20.1 Å². The molecular weight excluding hydrogens is 388 g/mol. The zero-order chi connectivity index (χ0) is 21.6. The average Bonchev–Trinajstić information content (AvgIpc) is 3.38. The minimum absolute atomic E-state index is 0.328. The van der Waals surface area contributed by atoms with Crippen molar-refractivity contribution in [3.8, 4) is 11.1 Å². The molecule has 2 fully saturated rings. The minimum atomic E-state index is -0.395. The molecule has 2 heterocycles. The zero-order valence-electron chi connectivity index (χ0n) is 17.5. The van der Waals surface area contributed by atoms with E-state index in [1.165, 1.54) is 0 Å². The summed E-state index contributed by atoms with van der Waals surface area (Å²) in [6.07, 6.45) is 5.87. The zero-order valence-corrected chi connectivity index (χ0v) is 17.5. The van der Waals surface area contributed by atoms with E-state index < -0.39 is 5.79 Å². The maximum Gasteiger partial charge on any atom is 0.190 e. The third kappa shape index (κ3) is 3.35. The maximum absolute atomic E-state index is 7.56. The summed E-state index contributed by atoms with van der Waals surface area (Å²) in [5.41, 5.74) is 11.8. The second kappa shape index (κ2) is 7.42. The van der Waals surface area contributed by atoms with Crippen LogP contribution in [-0.4, -0.2) is 23.6 Å². The van der Waals surface area contributed by atoms with Crippen LogP contribution in [0.4, 0.5) is 17.1 Å². The summed E-state index contributed by atoms with van der Waals surface area (Å²) in [7, 11) is 0. The van der Waals surface area contributed by atoms with Crippen LogP contribution in [0.25, 0.3) is 31.7 Å². The highest BCUT2D eigenvalue weighted by molar-refractivity contribution is 5.99. The van der Waals surface area contributed by atoms with Crippen LogP contribution in [0.1, 0.15) is 37.3 Å². The van der Waals surface area contributed by atoms with Crippen LogP contribution in [0.2, 0.25) is 0 Å². The highest BCUT2D eigenvalue weighted by Crippen LogP contribution is 2.44. The molecule has 2 aliphatic rings. The molecule has 0 radical (unpaired) electrons. The normalized spacial score (nSPS) is 18.3. The van der Waals surface area contributed by atoms with E-state index in [4.69, 9.17) is 28.4 Å². The molecule has 1 saturated carbocycles. The second-order valence-electron chi connectivity index (χ2n) is 8.48. The van der Waals surface area contributed by atoms with Crippen molar-refractivity contribution in [1.82, 2.24) is 4.57 Å². The molecule has 5 rings (SSSR count). The van der Waals surface area contributed by atoms with E-state index in [2.05, 4.69) is 26.5 Å². The molecule has 0 unspecified atom stereocenters. The number of nitrogens with zero attached hydrogens (tertiary/aromatic N) is 3. The fourth-order valence-corrected chi connectivity index (χ4v) is 5.00. The molecule has 6 heteroatoms. The van der Waals surface area contributed by atoms with Gasteiger partial charge in [0.25, 0.3) is 0 Å². The quantitative estimate of drug-likeness (QED) is 0.405. The van der Waals surface area contributed by atoms with Gasteiger partial charge in [-0.3, -0.25) is 0 Å². The largest absolute Gasteiger partial charge is 0.400 e. The van der Waals surface area contributed by atoms with Crippen LogP contribution in [0.15, 0.2) is 36.5 Å². The van der Waals surface area contributed by atoms with Gasteiger partial charge in [0.1, 0.15) is 0 Å². The Morgan fingerprint density at radius 3 is 2.45 bits per heavy atom. The fourth-order valence-electron chi connectivity index (χ4n) is 5.00. The summed E-state index contributed by atoms with van der Waals surface area (Å²) < 4.78 is 14.2. The van der Waals surface area contributed by atoms with Crippen LogP contribution in [0.5, 0.6) is 0 Å². The number of hydrogen-bond acceptors (Lipinski definition) is 3. The summed E-state index contributed by atoms with van der Waals surface area (Å²) in [4.78, 5) is 7.28. The van der Waals surface area contributed by atoms with E-state index >= 15 is 0 Å². The van der Waals surface area contributed by atoms with Crippen molar-refractivity contribution in [2.24, 2.45) is 0 Å². The van der Waals surface area contributed by atoms with Crippen LogP contribution >= 0.6 is 0 Å². The Hall–Kier alpha value is -3.32. The van der Waals surface area contributed by atoms with Gasteiger partial charge in [-0.25, -0.2) is 9.69 Å². The lowest BCUT2D eigenvalue weighted by Gasteiger charge is -2.36. The molecule has 1 saturated heterocycles. The molecule has 1 spiro atoms. The Balaban J connectivity index is 1.63. The van der Waals surface area contributed by atoms with Crippen molar-refractivity contribution in [3.05, 3.63) is 64.9 Å². The lowest BCUT2D eigenvalue weighted by molar-refractivity contribution is -0.181. The fraction of sp³-hybridized carbons (Fsp3) is 0.360. The summed E-state index contributed by atoms with van der Waals surface area (Å²) in [5, 5.41) is 1.02. The van der Waals surface area contributed by atoms with E-state index in [0.717, 1.165) is 53.3 Å². The van der Waals surface area contributed by atoms with E-state index in [0.29, 0.717) is 36.3 Å². The minimum Gasteiger partial charge on any atom is -0.400 e. The summed E-state index contributed by atoms with van der Waals surface area (Å²) in [6, 6.07) is 9.87. The van der Waals surface area contributed by atoms with Gasteiger partial charge in [-0.15, -0.1) is 0 Å². The highest BCUT2D eigenvalue weighted by atomic mass is 16.7. The Kier molecular flexibility index (Phi) is 4.70. The predicted molar refractivity (Wildman–Crippen MR) is 121 cm³/mol. The number of aryl methyl sites for hydroxylation is 1. The summed E-state index contributed by atoms with van der Waals surface area (Å²) in [6.45, 7) is 18.3. The number of ether oxygens (including phenoxy) is 2. The standard InChI is InChI=1S/C25H24N4O2/c1-16-10-24-21(14-23(16)28-3)22(17-11-18(26)13-19(12-17)27-2)15-29(24)20-4-6-25(7-5-20)30-8-9-31-25/h10-15,20H,4-9,26H2,1H3. The topological polar surface area (TPSA) is 58.1 Å². The molecule has 0 bridgehead atoms. The predicted octanol–water partition coefficient (Wildman–Crippen LogP) is 6.16. The van der Waals surface area contributed by atoms with Gasteiger partial charge in [0.15, 0.2) is 17.2 Å². The molecule has 1 aromatic heterocycles. The molecule has 2 aromatic carbocycles. The molecule has 156 valence electrons. The van der Waals surface area contributed by atoms with Gasteiger partial charge < -0.3 is 19.8 Å². The SMILES string of the molecule is [C-]#[N+]c1cc(N)cc(-c2cn(C3CCC4(CC3)OCCO4)c3cc(C)c([N+]#[C-])cc23)c1. The molecule has 2 N–H and O–H groups in total. The number of nitrogens with two attached hydrogens (primary N) is 1. The Morgan fingerprint density at radius 1 is 1.03 bits per heavy atom. The molecule has 3 aromatic rings. The molecule has 0 atom stereocenters. The molecule has 6 nitrogen and oxygen atoms in total. The first-order valence-corrected chi connectivity index (χ1v) is 10.6. The number of rotatable bonds is 2. The van der Waals surface area contributed by atoms with Crippen LogP contribution in [0.3, 0.4) is 0 Å². The number of aromatic nitrogens is 1. The Labute approximate surface area is 181 Å². The first-order valence-electron chi connectivity index (χ1n) is 10.6. The van der Waals surface area contributed by atoms with E-state index in [9.17, 15) is 0 Å². The average molecular weight is 412 g/mol. The van der Waals surface area contributed by atoms with Gasteiger partial charge >= 0.3 is 0 Å². The van der Waals surface area contributed by atoms with Crippen LogP contribution < -0.4 is 5.73 Å². The number of nitrogen functional groups attached to an aromatic ring is 1. The summed E-state index contributed by atoms with van der Waals surface area (Å²) in [5.74, 6) is -0.395. The van der Waals surface area contributed by atoms with Crippen molar-refractivity contribution in [2.45, 2.75) is 44.4 Å². The molecule has 31 heavy (non-hydrogen) atoms. The highest BCUT2D eigenvalue weighted by Gasteiger charge is 2.40. The monoisotopic (exact) mass is 412 g/mol. The Bertz CT molecular complexity index is 1250. The van der Waals surface area contributed by atoms with Gasteiger partial charge in [-0.2, -0.15) is 0 Å². The Morgan fingerprint density at radius 2 is 1.77 bits per heavy atom. The third-order valence-corrected chi connectivity index (χ3v) is 6.58. The van der Waals surface area contributed by atoms with Crippen molar-refractivity contribution in [2.75, 3.05) is 18.9 Å². The molecule has 0 amide bonds. The van der Waals surface area contributed by atoms with Gasteiger partial charge in [0, 0.05) is 41.8 Å². The van der Waals surface area contributed by atoms with E-state index in [-0.39, 0.29) is 0 Å². The molecule has 1 aliphatic carbocycles. The van der Waals surface area contributed by atoms with Crippen molar-refractivity contribution >= 4 is 28.0 Å². The van der Waals surface area contributed by atoms with Crippen molar-refractivity contribution in [1.29, 1.82) is 0 Å². The van der Waals surface area contributed by atoms with Gasteiger partial charge in [-0.05, 0) is 66.6 Å². The van der Waals surface area contributed by atoms with Gasteiger partial charge in [-0.1, -0.05) is 0 Å². The first kappa shape index (κ1) is 19.6. The number of fused-ring (bicyclic) bond motifs is 1. The lowest BCUT2D eigenvalue weighted by Crippen LogP contribution is -2.35. The van der Waals surface area contributed by atoms with E-state index in [1.54, 1.807) is 6.07 Å². The summed E-state index contributed by atoms with van der Waals surface area (Å²) >= 11 is 0. The number of hydrogen-bond donors (Lipinski definition) is 1. The smallest absolute Gasteiger partial charge is 0.190 e. The van der Waals surface area contributed by atoms with E-state index in [1.807, 2.05) is 25.1 Å². The third-order valence-electron chi connectivity index (χ3n) is 6.58. The molecular formula is C25H24N4O2. The number of benzene rings is 2. The molecule has 1 aliphatic heterocycles. The van der Waals surface area contributed by atoms with Crippen molar-refractivity contribution in [3.63, 3.8) is 0 Å². The van der Waals surface area contributed by atoms with Gasteiger partial charge in [0.2, 0.25) is 0 Å². The van der Waals surface area contributed by atoms with Crippen molar-refractivity contribution < 1.29 is 9.47 Å². The van der Waals surface area contributed by atoms with Crippen LogP contribution in [-0.2, 0) is 9.47 Å². The lowest BCUT2D eigenvalue weighted by atomic mass is 9.90. The first-order chi connectivity index (χ1) is 15.0.